The zero-order valence-electron chi connectivity index (χ0n) is 14.4. The van der Waals surface area contributed by atoms with Crippen molar-refractivity contribution in [2.75, 3.05) is 4.90 Å². The number of anilines is 2. The zero-order chi connectivity index (χ0) is 18.6. The number of benzene rings is 3. The highest BCUT2D eigenvalue weighted by Crippen LogP contribution is 2.37. The summed E-state index contributed by atoms with van der Waals surface area (Å²) in [6.45, 7) is 0. The Balaban J connectivity index is 1.79. The van der Waals surface area contributed by atoms with Gasteiger partial charge in [-0.15, -0.1) is 0 Å². The van der Waals surface area contributed by atoms with E-state index in [9.17, 15) is 4.79 Å². The van der Waals surface area contributed by atoms with Gasteiger partial charge in [0.2, 0.25) is 5.91 Å². The Morgan fingerprint density at radius 3 is 2.52 bits per heavy atom. The van der Waals surface area contributed by atoms with Crippen LogP contribution in [0.4, 0.5) is 17.1 Å². The van der Waals surface area contributed by atoms with E-state index in [0.29, 0.717) is 0 Å². The van der Waals surface area contributed by atoms with Gasteiger partial charge in [-0.05, 0) is 71.1 Å². The minimum absolute atomic E-state index is 0.00679. The first kappa shape index (κ1) is 17.5. The minimum Gasteiger partial charge on any atom is -0.278 e. The molecule has 1 aliphatic rings. The fourth-order valence-electron chi connectivity index (χ4n) is 2.90. The zero-order valence-corrected chi connectivity index (χ0v) is 16.6. The molecule has 0 aromatic heterocycles. The number of hydrogen-bond acceptors (Lipinski definition) is 2. The van der Waals surface area contributed by atoms with Crippen molar-refractivity contribution >= 4 is 51.8 Å². The molecule has 0 N–H and O–H groups in total. The van der Waals surface area contributed by atoms with E-state index >= 15 is 0 Å². The highest BCUT2D eigenvalue weighted by Gasteiger charge is 2.22. The average Bonchev–Trinajstić information content (AvgIpc) is 2.85. The molecule has 3 nitrogen and oxygen atoms in total. The number of aliphatic imine (C=N–C) groups is 1. The molecule has 4 heteroatoms. The fraction of sp³-hybridized carbons (Fsp3) is 0.0435. The predicted octanol–water partition coefficient (Wildman–Crippen LogP) is 5.46. The van der Waals surface area contributed by atoms with E-state index in [1.165, 1.54) is 0 Å². The molecule has 130 valence electrons. The second-order valence-corrected chi connectivity index (χ2v) is 7.29. The fourth-order valence-corrected chi connectivity index (χ4v) is 3.43. The number of rotatable bonds is 1. The van der Waals surface area contributed by atoms with Gasteiger partial charge >= 0.3 is 0 Å². The number of amides is 1. The molecule has 27 heavy (non-hydrogen) atoms. The molecule has 0 saturated carbocycles. The van der Waals surface area contributed by atoms with Gasteiger partial charge in [0.15, 0.2) is 0 Å². The first-order chi connectivity index (χ1) is 13.2. The lowest BCUT2D eigenvalue weighted by Gasteiger charge is -2.23. The monoisotopic (exact) mass is 462 g/mol. The van der Waals surface area contributed by atoms with Crippen LogP contribution in [0.3, 0.4) is 0 Å². The van der Waals surface area contributed by atoms with E-state index < -0.39 is 0 Å². The first-order valence-corrected chi connectivity index (χ1v) is 9.61. The lowest BCUT2D eigenvalue weighted by atomic mass is 10.1. The average molecular weight is 462 g/mol. The standard InChI is InChI=1S/C23H15IN2O/c24-19-7-4-8-20(16-19)26-22-15-18(10-9-17-5-2-1-3-6-17)11-12-21(22)25-14-13-23(26)27/h1-8,11-12,14-16H,13H2. The molecule has 3 aromatic carbocycles. The van der Waals surface area contributed by atoms with Crippen molar-refractivity contribution in [2.45, 2.75) is 6.42 Å². The maximum atomic E-state index is 12.8. The third-order valence-electron chi connectivity index (χ3n) is 4.15. The number of carbonyl (C=O) groups excluding carboxylic acids is 1. The van der Waals surface area contributed by atoms with Gasteiger partial charge in [0.25, 0.3) is 0 Å². The molecule has 1 aliphatic heterocycles. The second kappa shape index (κ2) is 7.77. The van der Waals surface area contributed by atoms with E-state index in [4.69, 9.17) is 0 Å². The van der Waals surface area contributed by atoms with Crippen LogP contribution >= 0.6 is 22.6 Å². The summed E-state index contributed by atoms with van der Waals surface area (Å²) >= 11 is 2.25. The van der Waals surface area contributed by atoms with E-state index in [2.05, 4.69) is 39.4 Å². The van der Waals surface area contributed by atoms with Crippen LogP contribution in [0.5, 0.6) is 0 Å². The Hall–Kier alpha value is -2.91. The van der Waals surface area contributed by atoms with E-state index in [1.807, 2.05) is 72.8 Å². The molecule has 0 atom stereocenters. The molecule has 0 saturated heterocycles. The summed E-state index contributed by atoms with van der Waals surface area (Å²) in [4.78, 5) is 19.0. The summed E-state index contributed by atoms with van der Waals surface area (Å²) in [6.07, 6.45) is 1.94. The van der Waals surface area contributed by atoms with Crippen LogP contribution in [0, 0.1) is 15.4 Å². The summed E-state index contributed by atoms with van der Waals surface area (Å²) in [5.74, 6) is 6.35. The van der Waals surface area contributed by atoms with Gasteiger partial charge in [-0.3, -0.25) is 14.7 Å². The summed E-state index contributed by atoms with van der Waals surface area (Å²) < 4.78 is 1.07. The Morgan fingerprint density at radius 1 is 0.889 bits per heavy atom. The van der Waals surface area contributed by atoms with Gasteiger partial charge in [0.05, 0.1) is 23.5 Å². The number of hydrogen-bond donors (Lipinski definition) is 0. The van der Waals surface area contributed by atoms with E-state index in [0.717, 1.165) is 31.8 Å². The molecular formula is C23H15IN2O. The molecule has 4 rings (SSSR count). The van der Waals surface area contributed by atoms with Crippen molar-refractivity contribution in [2.24, 2.45) is 4.99 Å². The topological polar surface area (TPSA) is 32.7 Å². The Bertz CT molecular complexity index is 1090. The maximum absolute atomic E-state index is 12.8. The molecule has 0 bridgehead atoms. The summed E-state index contributed by atoms with van der Waals surface area (Å²) in [7, 11) is 0. The lowest BCUT2D eigenvalue weighted by molar-refractivity contribution is -0.116. The van der Waals surface area contributed by atoms with E-state index in [-0.39, 0.29) is 12.3 Å². The molecule has 3 aromatic rings. The highest BCUT2D eigenvalue weighted by atomic mass is 127. The third kappa shape index (κ3) is 3.93. The molecule has 1 amide bonds. The highest BCUT2D eigenvalue weighted by molar-refractivity contribution is 14.1. The van der Waals surface area contributed by atoms with Gasteiger partial charge in [-0.1, -0.05) is 36.1 Å². The normalized spacial score (nSPS) is 12.8. The molecule has 0 aliphatic carbocycles. The number of carbonyl (C=O) groups is 1. The second-order valence-electron chi connectivity index (χ2n) is 6.04. The molecule has 0 radical (unpaired) electrons. The first-order valence-electron chi connectivity index (χ1n) is 8.53. The quantitative estimate of drug-likeness (QED) is 0.349. The predicted molar refractivity (Wildman–Crippen MR) is 118 cm³/mol. The van der Waals surface area contributed by atoms with Crippen LogP contribution in [-0.4, -0.2) is 12.1 Å². The van der Waals surface area contributed by atoms with Crippen molar-refractivity contribution < 1.29 is 4.79 Å². The molecule has 0 fully saturated rings. The van der Waals surface area contributed by atoms with Crippen molar-refractivity contribution in [1.82, 2.24) is 0 Å². The van der Waals surface area contributed by atoms with Crippen LogP contribution in [0.2, 0.25) is 0 Å². The van der Waals surface area contributed by atoms with Gasteiger partial charge in [0.1, 0.15) is 0 Å². The maximum Gasteiger partial charge on any atom is 0.236 e. The Kier molecular flexibility index (Phi) is 5.03. The van der Waals surface area contributed by atoms with Crippen LogP contribution in [0.25, 0.3) is 0 Å². The van der Waals surface area contributed by atoms with Gasteiger partial charge < -0.3 is 0 Å². The Labute approximate surface area is 171 Å². The van der Waals surface area contributed by atoms with Gasteiger partial charge in [-0.2, -0.15) is 0 Å². The SMILES string of the molecule is O=C1CC=Nc2ccc(C#Cc3ccccc3)cc2N1c1cccc(I)c1. The molecule has 1 heterocycles. The van der Waals surface area contributed by atoms with E-state index in [1.54, 1.807) is 11.1 Å². The van der Waals surface area contributed by atoms with Gasteiger partial charge in [-0.25, -0.2) is 0 Å². The van der Waals surface area contributed by atoms with Gasteiger partial charge in [0, 0.05) is 20.9 Å². The minimum atomic E-state index is -0.00679. The van der Waals surface area contributed by atoms with Crippen molar-refractivity contribution in [1.29, 1.82) is 0 Å². The Morgan fingerprint density at radius 2 is 1.70 bits per heavy atom. The number of fused-ring (bicyclic) bond motifs is 1. The van der Waals surface area contributed by atoms with Crippen molar-refractivity contribution in [3.8, 4) is 11.8 Å². The lowest BCUT2D eigenvalue weighted by Crippen LogP contribution is -2.25. The number of halogens is 1. The van der Waals surface area contributed by atoms with Crippen LogP contribution < -0.4 is 4.90 Å². The van der Waals surface area contributed by atoms with Crippen LogP contribution in [0.1, 0.15) is 17.5 Å². The molecular weight excluding hydrogens is 447 g/mol. The summed E-state index contributed by atoms with van der Waals surface area (Å²) in [5.41, 5.74) is 4.17. The van der Waals surface area contributed by atoms with Crippen molar-refractivity contribution in [3.63, 3.8) is 0 Å². The number of nitrogens with zero attached hydrogens (tertiary/aromatic N) is 2. The smallest absolute Gasteiger partial charge is 0.236 e. The van der Waals surface area contributed by atoms with Crippen LogP contribution in [-0.2, 0) is 4.79 Å². The molecule has 0 spiro atoms. The largest absolute Gasteiger partial charge is 0.278 e. The summed E-state index contributed by atoms with van der Waals surface area (Å²) in [5, 5.41) is 0. The van der Waals surface area contributed by atoms with Crippen LogP contribution in [0.15, 0.2) is 77.8 Å². The molecule has 0 unspecified atom stereocenters. The third-order valence-corrected chi connectivity index (χ3v) is 4.82. The summed E-state index contributed by atoms with van der Waals surface area (Å²) in [6, 6.07) is 23.5. The van der Waals surface area contributed by atoms with Crippen molar-refractivity contribution in [3.05, 3.63) is 87.5 Å².